The van der Waals surface area contributed by atoms with Crippen molar-refractivity contribution in [3.05, 3.63) is 11.7 Å². The van der Waals surface area contributed by atoms with Crippen LogP contribution >= 0.6 is 0 Å². The van der Waals surface area contributed by atoms with Crippen LogP contribution < -0.4 is 0 Å². The highest BCUT2D eigenvalue weighted by Crippen LogP contribution is 2.18. The molecule has 6 nitrogen and oxygen atoms in total. The molecule has 1 aliphatic rings. The number of hydrogen-bond acceptors (Lipinski definition) is 5. The Kier molecular flexibility index (Phi) is 4.52. The minimum absolute atomic E-state index is 0.196. The molecule has 1 aromatic rings. The van der Waals surface area contributed by atoms with Crippen LogP contribution in [0.15, 0.2) is 4.52 Å². The topological polar surface area (TPSA) is 79.5 Å². The quantitative estimate of drug-likeness (QED) is 0.872. The van der Waals surface area contributed by atoms with Gasteiger partial charge >= 0.3 is 5.97 Å². The minimum Gasteiger partial charge on any atom is -0.481 e. The Morgan fingerprint density at radius 3 is 2.74 bits per heavy atom. The molecular weight excluding hydrogens is 246 g/mol. The second-order valence-corrected chi connectivity index (χ2v) is 5.59. The first-order chi connectivity index (χ1) is 9.04. The molecule has 0 radical (unpaired) electrons. The summed E-state index contributed by atoms with van der Waals surface area (Å²) in [6.07, 6.45) is 2.20. The zero-order chi connectivity index (χ0) is 13.8. The molecule has 0 bridgehead atoms. The van der Waals surface area contributed by atoms with Gasteiger partial charge in [-0.3, -0.25) is 9.69 Å². The molecule has 0 saturated carbocycles. The molecule has 0 aliphatic carbocycles. The molecule has 2 heterocycles. The molecule has 0 atom stereocenters. The average Bonchev–Trinajstić information content (AvgIpc) is 2.76. The van der Waals surface area contributed by atoms with E-state index in [4.69, 9.17) is 9.63 Å². The van der Waals surface area contributed by atoms with E-state index < -0.39 is 5.97 Å². The molecule has 1 aliphatic heterocycles. The van der Waals surface area contributed by atoms with Crippen LogP contribution in [-0.2, 0) is 17.8 Å². The monoisotopic (exact) mass is 267 g/mol. The first kappa shape index (κ1) is 14.0. The summed E-state index contributed by atoms with van der Waals surface area (Å²) in [6, 6.07) is 0. The standard InChI is InChI=1S/C13H21N3O3/c1-9(2)7-12-14-11(15-19-12)8-16-5-3-10(4-6-16)13(17)18/h9-10H,3-8H2,1-2H3,(H,17,18). The third-order valence-corrected chi connectivity index (χ3v) is 3.39. The second kappa shape index (κ2) is 6.14. The van der Waals surface area contributed by atoms with Crippen LogP contribution in [-0.4, -0.2) is 39.2 Å². The molecule has 106 valence electrons. The van der Waals surface area contributed by atoms with Gasteiger partial charge in [0.05, 0.1) is 12.5 Å². The molecule has 1 aromatic heterocycles. The summed E-state index contributed by atoms with van der Waals surface area (Å²) < 4.78 is 5.19. The van der Waals surface area contributed by atoms with E-state index in [2.05, 4.69) is 28.9 Å². The number of nitrogens with zero attached hydrogens (tertiary/aromatic N) is 3. The van der Waals surface area contributed by atoms with Crippen LogP contribution in [0.25, 0.3) is 0 Å². The van der Waals surface area contributed by atoms with Gasteiger partial charge in [0, 0.05) is 6.42 Å². The molecule has 1 N–H and O–H groups in total. The van der Waals surface area contributed by atoms with Gasteiger partial charge in [-0.2, -0.15) is 4.98 Å². The average molecular weight is 267 g/mol. The predicted molar refractivity (Wildman–Crippen MR) is 68.5 cm³/mol. The SMILES string of the molecule is CC(C)Cc1nc(CN2CCC(C(=O)O)CC2)no1. The van der Waals surface area contributed by atoms with Gasteiger partial charge in [0.2, 0.25) is 5.89 Å². The van der Waals surface area contributed by atoms with E-state index in [0.717, 1.165) is 19.5 Å². The van der Waals surface area contributed by atoms with Gasteiger partial charge in [-0.05, 0) is 31.8 Å². The van der Waals surface area contributed by atoms with Gasteiger partial charge in [0.15, 0.2) is 5.82 Å². The van der Waals surface area contributed by atoms with E-state index in [9.17, 15) is 4.79 Å². The molecule has 1 fully saturated rings. The number of hydrogen-bond donors (Lipinski definition) is 1. The van der Waals surface area contributed by atoms with Crippen molar-refractivity contribution < 1.29 is 14.4 Å². The smallest absolute Gasteiger partial charge is 0.306 e. The van der Waals surface area contributed by atoms with Crippen molar-refractivity contribution in [2.45, 2.75) is 39.7 Å². The lowest BCUT2D eigenvalue weighted by Crippen LogP contribution is -2.36. The molecule has 0 spiro atoms. The maximum absolute atomic E-state index is 10.9. The normalized spacial score (nSPS) is 18.1. The van der Waals surface area contributed by atoms with Crippen molar-refractivity contribution in [1.29, 1.82) is 0 Å². The largest absolute Gasteiger partial charge is 0.481 e. The Morgan fingerprint density at radius 2 is 2.16 bits per heavy atom. The van der Waals surface area contributed by atoms with E-state index in [-0.39, 0.29) is 5.92 Å². The fourth-order valence-corrected chi connectivity index (χ4v) is 2.32. The van der Waals surface area contributed by atoms with Gasteiger partial charge in [-0.25, -0.2) is 0 Å². The summed E-state index contributed by atoms with van der Waals surface area (Å²) in [5.41, 5.74) is 0. The summed E-state index contributed by atoms with van der Waals surface area (Å²) in [5, 5.41) is 12.9. The van der Waals surface area contributed by atoms with Gasteiger partial charge in [0.1, 0.15) is 0 Å². The van der Waals surface area contributed by atoms with Gasteiger partial charge in [-0.1, -0.05) is 19.0 Å². The fourth-order valence-electron chi connectivity index (χ4n) is 2.32. The molecule has 0 amide bonds. The Balaban J connectivity index is 1.82. The van der Waals surface area contributed by atoms with Crippen molar-refractivity contribution >= 4 is 5.97 Å². The first-order valence-electron chi connectivity index (χ1n) is 6.81. The molecule has 1 saturated heterocycles. The number of carboxylic acids is 1. The second-order valence-electron chi connectivity index (χ2n) is 5.59. The molecular formula is C13H21N3O3. The molecule has 0 aromatic carbocycles. The van der Waals surface area contributed by atoms with Crippen molar-refractivity contribution in [2.24, 2.45) is 11.8 Å². The zero-order valence-electron chi connectivity index (χ0n) is 11.5. The van der Waals surface area contributed by atoms with Gasteiger partial charge < -0.3 is 9.63 Å². The number of carbonyl (C=O) groups is 1. The maximum atomic E-state index is 10.9. The number of piperidine rings is 1. The number of aromatic nitrogens is 2. The van der Waals surface area contributed by atoms with Crippen molar-refractivity contribution in [2.75, 3.05) is 13.1 Å². The molecule has 2 rings (SSSR count). The first-order valence-corrected chi connectivity index (χ1v) is 6.81. The fraction of sp³-hybridized carbons (Fsp3) is 0.769. The van der Waals surface area contributed by atoms with E-state index in [1.54, 1.807) is 0 Å². The number of likely N-dealkylation sites (tertiary alicyclic amines) is 1. The summed E-state index contributed by atoms with van der Waals surface area (Å²) in [4.78, 5) is 17.4. The maximum Gasteiger partial charge on any atom is 0.306 e. The van der Waals surface area contributed by atoms with Gasteiger partial charge in [0.25, 0.3) is 0 Å². The van der Waals surface area contributed by atoms with Crippen LogP contribution in [0, 0.1) is 11.8 Å². The highest BCUT2D eigenvalue weighted by Gasteiger charge is 2.25. The lowest BCUT2D eigenvalue weighted by atomic mass is 9.97. The number of carboxylic acid groups (broad SMARTS) is 1. The van der Waals surface area contributed by atoms with Crippen LogP contribution in [0.2, 0.25) is 0 Å². The summed E-state index contributed by atoms with van der Waals surface area (Å²) >= 11 is 0. The number of aliphatic carboxylic acids is 1. The molecule has 0 unspecified atom stereocenters. The highest BCUT2D eigenvalue weighted by atomic mass is 16.5. The molecule has 6 heteroatoms. The van der Waals surface area contributed by atoms with Crippen LogP contribution in [0.5, 0.6) is 0 Å². The minimum atomic E-state index is -0.682. The molecule has 19 heavy (non-hydrogen) atoms. The van der Waals surface area contributed by atoms with E-state index >= 15 is 0 Å². The van der Waals surface area contributed by atoms with Crippen LogP contribution in [0.1, 0.15) is 38.4 Å². The number of rotatable bonds is 5. The Hall–Kier alpha value is -1.43. The Bertz CT molecular complexity index is 423. The lowest BCUT2D eigenvalue weighted by molar-refractivity contribution is -0.143. The van der Waals surface area contributed by atoms with Crippen molar-refractivity contribution in [3.63, 3.8) is 0 Å². The lowest BCUT2D eigenvalue weighted by Gasteiger charge is -2.28. The van der Waals surface area contributed by atoms with Crippen LogP contribution in [0.4, 0.5) is 0 Å². The van der Waals surface area contributed by atoms with E-state index in [1.165, 1.54) is 0 Å². The third-order valence-electron chi connectivity index (χ3n) is 3.39. The van der Waals surface area contributed by atoms with Crippen LogP contribution in [0.3, 0.4) is 0 Å². The van der Waals surface area contributed by atoms with Crippen molar-refractivity contribution in [1.82, 2.24) is 15.0 Å². The predicted octanol–water partition coefficient (Wildman–Crippen LogP) is 1.56. The Morgan fingerprint density at radius 1 is 1.47 bits per heavy atom. The summed E-state index contributed by atoms with van der Waals surface area (Å²) in [6.45, 7) is 6.44. The highest BCUT2D eigenvalue weighted by molar-refractivity contribution is 5.70. The van der Waals surface area contributed by atoms with E-state index in [0.29, 0.717) is 37.0 Å². The van der Waals surface area contributed by atoms with E-state index in [1.807, 2.05) is 0 Å². The summed E-state index contributed by atoms with van der Waals surface area (Å²) in [7, 11) is 0. The van der Waals surface area contributed by atoms with Gasteiger partial charge in [-0.15, -0.1) is 0 Å². The summed E-state index contributed by atoms with van der Waals surface area (Å²) in [5.74, 6) is 1.01. The Labute approximate surface area is 112 Å². The van der Waals surface area contributed by atoms with Crippen molar-refractivity contribution in [3.8, 4) is 0 Å². The third kappa shape index (κ3) is 4.02. The zero-order valence-corrected chi connectivity index (χ0v) is 11.5.